The molecule has 0 spiro atoms. The van der Waals surface area contributed by atoms with Gasteiger partial charge >= 0.3 is 0 Å². The molecule has 0 aliphatic heterocycles. The van der Waals surface area contributed by atoms with Crippen LogP contribution in [-0.2, 0) is 32.6 Å². The van der Waals surface area contributed by atoms with Crippen molar-refractivity contribution in [2.75, 3.05) is 24.5 Å². The Hall–Kier alpha value is -4.05. The van der Waals surface area contributed by atoms with Gasteiger partial charge in [0.15, 0.2) is 0 Å². The highest BCUT2D eigenvalue weighted by molar-refractivity contribution is 7.92. The normalized spacial score (nSPS) is 11.8. The number of nitrogens with one attached hydrogen (secondary N) is 1. The average Bonchev–Trinajstić information content (AvgIpc) is 3.06. The van der Waals surface area contributed by atoms with Crippen LogP contribution >= 0.6 is 23.2 Å². The van der Waals surface area contributed by atoms with E-state index in [1.165, 1.54) is 36.3 Å². The number of amides is 2. The van der Waals surface area contributed by atoms with E-state index < -0.39 is 28.5 Å². The molecule has 0 aliphatic rings. The standard InChI is InChI=1S/C35H37Cl2N3O5S/c1-3-4-21-38-35(42)32(22-26-13-7-5-8-14-26)39(24-27-15-11-12-18-30(27)37)34(41)25-40(31-23-28(36)19-20-33(31)45-2)46(43,44)29-16-9-6-10-17-29/h5-20,23,32H,3-4,21-22,24-25H2,1-2H3,(H,38,42). The number of methoxy groups -OCH3 is 1. The molecule has 1 N–H and O–H groups in total. The SMILES string of the molecule is CCCCNC(=O)C(Cc1ccccc1)N(Cc1ccccc1Cl)C(=O)CN(c1cc(Cl)ccc1OC)S(=O)(=O)c1ccccc1. The van der Waals surface area contributed by atoms with Gasteiger partial charge < -0.3 is 15.0 Å². The summed E-state index contributed by atoms with van der Waals surface area (Å²) in [6.07, 6.45) is 1.83. The number of nitrogens with zero attached hydrogens (tertiary/aromatic N) is 2. The zero-order chi connectivity index (χ0) is 33.1. The molecule has 242 valence electrons. The molecular formula is C35H37Cl2N3O5S. The van der Waals surface area contributed by atoms with Gasteiger partial charge in [0.25, 0.3) is 10.0 Å². The third-order valence-electron chi connectivity index (χ3n) is 7.42. The molecule has 0 saturated carbocycles. The predicted octanol–water partition coefficient (Wildman–Crippen LogP) is 6.75. The summed E-state index contributed by atoms with van der Waals surface area (Å²) in [6, 6.07) is 27.8. The van der Waals surface area contributed by atoms with E-state index in [2.05, 4.69) is 5.32 Å². The van der Waals surface area contributed by atoms with Crippen LogP contribution in [-0.4, -0.2) is 51.4 Å². The summed E-state index contributed by atoms with van der Waals surface area (Å²) < 4.78 is 34.9. The molecule has 0 saturated heterocycles. The van der Waals surface area contributed by atoms with E-state index in [4.69, 9.17) is 27.9 Å². The third kappa shape index (κ3) is 8.81. The molecular weight excluding hydrogens is 645 g/mol. The van der Waals surface area contributed by atoms with E-state index in [1.807, 2.05) is 37.3 Å². The second-order valence-corrected chi connectivity index (χ2v) is 13.3. The molecule has 1 unspecified atom stereocenters. The van der Waals surface area contributed by atoms with Crippen LogP contribution in [0.25, 0.3) is 0 Å². The Balaban J connectivity index is 1.84. The van der Waals surface area contributed by atoms with Gasteiger partial charge in [-0.05, 0) is 53.9 Å². The van der Waals surface area contributed by atoms with Crippen molar-refractivity contribution in [3.05, 3.63) is 124 Å². The van der Waals surface area contributed by atoms with Crippen LogP contribution < -0.4 is 14.4 Å². The van der Waals surface area contributed by atoms with Crippen LogP contribution in [0.3, 0.4) is 0 Å². The van der Waals surface area contributed by atoms with Crippen molar-refractivity contribution < 1.29 is 22.7 Å². The van der Waals surface area contributed by atoms with E-state index in [-0.39, 0.29) is 40.2 Å². The third-order valence-corrected chi connectivity index (χ3v) is 9.80. The van der Waals surface area contributed by atoms with Gasteiger partial charge in [-0.2, -0.15) is 0 Å². The van der Waals surface area contributed by atoms with Crippen LogP contribution in [0, 0.1) is 0 Å². The molecule has 4 aromatic rings. The lowest BCUT2D eigenvalue weighted by molar-refractivity contribution is -0.140. The Kier molecular flexibility index (Phi) is 12.5. The van der Waals surface area contributed by atoms with Crippen molar-refractivity contribution in [1.29, 1.82) is 0 Å². The lowest BCUT2D eigenvalue weighted by Crippen LogP contribution is -2.53. The van der Waals surface area contributed by atoms with Gasteiger partial charge in [-0.15, -0.1) is 0 Å². The summed E-state index contributed by atoms with van der Waals surface area (Å²) in [5.74, 6) is -0.768. The van der Waals surface area contributed by atoms with Crippen molar-refractivity contribution in [3.8, 4) is 5.75 Å². The number of hydrogen-bond acceptors (Lipinski definition) is 5. The summed E-state index contributed by atoms with van der Waals surface area (Å²) in [6.45, 7) is 1.77. The van der Waals surface area contributed by atoms with Gasteiger partial charge in [0, 0.05) is 29.6 Å². The quantitative estimate of drug-likeness (QED) is 0.140. The Morgan fingerprint density at radius 2 is 1.54 bits per heavy atom. The minimum atomic E-state index is -4.31. The van der Waals surface area contributed by atoms with Gasteiger partial charge in [0.1, 0.15) is 18.3 Å². The van der Waals surface area contributed by atoms with E-state index in [0.29, 0.717) is 17.1 Å². The molecule has 8 nitrogen and oxygen atoms in total. The molecule has 0 bridgehead atoms. The van der Waals surface area contributed by atoms with E-state index >= 15 is 0 Å². The second-order valence-electron chi connectivity index (χ2n) is 10.6. The van der Waals surface area contributed by atoms with Crippen LogP contribution in [0.1, 0.15) is 30.9 Å². The first-order valence-electron chi connectivity index (χ1n) is 14.9. The van der Waals surface area contributed by atoms with Crippen LogP contribution in [0.5, 0.6) is 5.75 Å². The number of carbonyl (C=O) groups is 2. The number of benzene rings is 4. The highest BCUT2D eigenvalue weighted by atomic mass is 35.5. The molecule has 0 heterocycles. The number of unbranched alkanes of at least 4 members (excludes halogenated alkanes) is 1. The number of hydrogen-bond donors (Lipinski definition) is 1. The maximum absolute atomic E-state index is 14.6. The monoisotopic (exact) mass is 681 g/mol. The maximum atomic E-state index is 14.6. The molecule has 1 atom stereocenters. The van der Waals surface area contributed by atoms with E-state index in [9.17, 15) is 18.0 Å². The van der Waals surface area contributed by atoms with Crippen LogP contribution in [0.2, 0.25) is 10.0 Å². The van der Waals surface area contributed by atoms with Gasteiger partial charge in [0.2, 0.25) is 11.8 Å². The molecule has 0 radical (unpaired) electrons. The minimum absolute atomic E-state index is 0.0272. The van der Waals surface area contributed by atoms with Gasteiger partial charge in [0.05, 0.1) is 17.7 Å². The summed E-state index contributed by atoms with van der Waals surface area (Å²) in [7, 11) is -2.91. The first-order chi connectivity index (χ1) is 22.1. The molecule has 4 aromatic carbocycles. The highest BCUT2D eigenvalue weighted by Gasteiger charge is 2.35. The molecule has 11 heteroatoms. The Morgan fingerprint density at radius 1 is 0.891 bits per heavy atom. The van der Waals surface area contributed by atoms with Crippen molar-refractivity contribution in [1.82, 2.24) is 10.2 Å². The Bertz CT molecular complexity index is 1720. The molecule has 0 aromatic heterocycles. The fourth-order valence-electron chi connectivity index (χ4n) is 4.96. The fourth-order valence-corrected chi connectivity index (χ4v) is 6.76. The summed E-state index contributed by atoms with van der Waals surface area (Å²) in [5.41, 5.74) is 1.52. The second kappa shape index (κ2) is 16.5. The predicted molar refractivity (Wildman–Crippen MR) is 183 cm³/mol. The summed E-state index contributed by atoms with van der Waals surface area (Å²) in [5, 5.41) is 3.64. The minimum Gasteiger partial charge on any atom is -0.495 e. The van der Waals surface area contributed by atoms with Crippen molar-refractivity contribution in [2.24, 2.45) is 0 Å². The number of sulfonamides is 1. The number of ether oxygens (including phenoxy) is 1. The number of halogens is 2. The number of rotatable bonds is 15. The van der Waals surface area contributed by atoms with Crippen molar-refractivity contribution in [3.63, 3.8) is 0 Å². The maximum Gasteiger partial charge on any atom is 0.264 e. The zero-order valence-corrected chi connectivity index (χ0v) is 28.1. The van der Waals surface area contributed by atoms with Crippen LogP contribution in [0.4, 0.5) is 5.69 Å². The summed E-state index contributed by atoms with van der Waals surface area (Å²) >= 11 is 12.9. The fraction of sp³-hybridized carbons (Fsp3) is 0.257. The molecule has 2 amide bonds. The highest BCUT2D eigenvalue weighted by Crippen LogP contribution is 2.35. The first kappa shape index (κ1) is 34.8. The topological polar surface area (TPSA) is 96.0 Å². The lowest BCUT2D eigenvalue weighted by atomic mass is 10.0. The molecule has 4 rings (SSSR count). The zero-order valence-electron chi connectivity index (χ0n) is 25.7. The van der Waals surface area contributed by atoms with Crippen molar-refractivity contribution in [2.45, 2.75) is 43.7 Å². The lowest BCUT2D eigenvalue weighted by Gasteiger charge is -2.34. The number of carbonyl (C=O) groups excluding carboxylic acids is 2. The number of anilines is 1. The average molecular weight is 683 g/mol. The summed E-state index contributed by atoms with van der Waals surface area (Å²) in [4.78, 5) is 29.8. The van der Waals surface area contributed by atoms with Crippen molar-refractivity contribution >= 4 is 50.7 Å². The molecule has 0 fully saturated rings. The van der Waals surface area contributed by atoms with Gasteiger partial charge in [-0.3, -0.25) is 13.9 Å². The Labute approximate surface area is 280 Å². The van der Waals surface area contributed by atoms with Gasteiger partial charge in [-0.1, -0.05) is 103 Å². The van der Waals surface area contributed by atoms with E-state index in [0.717, 1.165) is 22.7 Å². The van der Waals surface area contributed by atoms with E-state index in [1.54, 1.807) is 48.5 Å². The molecule has 46 heavy (non-hydrogen) atoms. The van der Waals surface area contributed by atoms with Crippen LogP contribution in [0.15, 0.2) is 108 Å². The largest absolute Gasteiger partial charge is 0.495 e. The van der Waals surface area contributed by atoms with Gasteiger partial charge in [-0.25, -0.2) is 8.42 Å². The Morgan fingerprint density at radius 3 is 2.20 bits per heavy atom. The molecule has 0 aliphatic carbocycles. The smallest absolute Gasteiger partial charge is 0.264 e. The first-order valence-corrected chi connectivity index (χ1v) is 17.1.